The van der Waals surface area contributed by atoms with Gasteiger partial charge in [0.15, 0.2) is 6.61 Å². The lowest BCUT2D eigenvalue weighted by Gasteiger charge is -2.13. The molecule has 0 fully saturated rings. The van der Waals surface area contributed by atoms with Crippen LogP contribution in [0, 0.1) is 6.92 Å². The Morgan fingerprint density at radius 2 is 1.85 bits per heavy atom. The van der Waals surface area contributed by atoms with Crippen LogP contribution in [0.4, 0.5) is 5.69 Å². The van der Waals surface area contributed by atoms with Crippen molar-refractivity contribution < 1.29 is 19.1 Å². The summed E-state index contributed by atoms with van der Waals surface area (Å²) in [6.45, 7) is 5.27. The molecule has 0 aliphatic carbocycles. The monoisotopic (exact) mass is 374 g/mol. The molecule has 0 bridgehead atoms. The predicted octanol–water partition coefficient (Wildman–Crippen LogP) is 3.09. The fourth-order valence-corrected chi connectivity index (χ4v) is 3.08. The molecule has 138 valence electrons. The minimum Gasteiger partial charge on any atom is -0.454 e. The van der Waals surface area contributed by atoms with Gasteiger partial charge in [0.25, 0.3) is 11.8 Å². The van der Waals surface area contributed by atoms with E-state index in [9.17, 15) is 14.4 Å². The Labute approximate surface area is 156 Å². The van der Waals surface area contributed by atoms with Crippen LogP contribution in [0.5, 0.6) is 0 Å². The van der Waals surface area contributed by atoms with Gasteiger partial charge in [-0.3, -0.25) is 14.4 Å². The van der Waals surface area contributed by atoms with Gasteiger partial charge in [0.1, 0.15) is 6.54 Å². The number of amides is 2. The molecule has 6 nitrogen and oxygen atoms in total. The number of carbonyl (C=O) groups is 3. The average molecular weight is 374 g/mol. The van der Waals surface area contributed by atoms with Crippen molar-refractivity contribution >= 4 is 34.8 Å². The van der Waals surface area contributed by atoms with Crippen molar-refractivity contribution in [3.8, 4) is 0 Å². The maximum Gasteiger partial charge on any atom is 0.325 e. The zero-order valence-electron chi connectivity index (χ0n) is 15.0. The lowest BCUT2D eigenvalue weighted by atomic mass is 10.0. The Balaban J connectivity index is 1.77. The Morgan fingerprint density at radius 3 is 2.50 bits per heavy atom. The van der Waals surface area contributed by atoms with Crippen LogP contribution in [-0.4, -0.2) is 30.9 Å². The van der Waals surface area contributed by atoms with E-state index in [1.165, 1.54) is 11.3 Å². The summed E-state index contributed by atoms with van der Waals surface area (Å²) >= 11 is 1.34. The molecule has 1 aromatic heterocycles. The van der Waals surface area contributed by atoms with Crippen molar-refractivity contribution in [1.29, 1.82) is 0 Å². The molecule has 0 unspecified atom stereocenters. The molecule has 0 atom stereocenters. The number of hydrogen-bond donors (Lipinski definition) is 2. The van der Waals surface area contributed by atoms with Gasteiger partial charge in [-0.1, -0.05) is 32.0 Å². The lowest BCUT2D eigenvalue weighted by molar-refractivity contribution is -0.146. The standard InChI is InChI=1S/C19H22N2O4S/c1-12(2)14-6-4-5-7-15(14)21-17(22)11-25-18(23)10-20-19(24)16-9-8-13(3)26-16/h4-9,12H,10-11H2,1-3H3,(H,20,24)(H,21,22). The fourth-order valence-electron chi connectivity index (χ4n) is 2.29. The summed E-state index contributed by atoms with van der Waals surface area (Å²) in [6.07, 6.45) is 0. The Kier molecular flexibility index (Phi) is 6.91. The lowest BCUT2D eigenvalue weighted by Crippen LogP contribution is -2.31. The van der Waals surface area contributed by atoms with Crippen LogP contribution in [0.1, 0.15) is 39.9 Å². The van der Waals surface area contributed by atoms with E-state index in [0.717, 1.165) is 10.4 Å². The third-order valence-corrected chi connectivity index (χ3v) is 4.58. The van der Waals surface area contributed by atoms with Crippen LogP contribution in [0.3, 0.4) is 0 Å². The predicted molar refractivity (Wildman–Crippen MR) is 102 cm³/mol. The van der Waals surface area contributed by atoms with E-state index in [2.05, 4.69) is 10.6 Å². The molecule has 2 rings (SSSR count). The van der Waals surface area contributed by atoms with E-state index in [-0.39, 0.29) is 18.4 Å². The van der Waals surface area contributed by atoms with Crippen LogP contribution in [-0.2, 0) is 14.3 Å². The van der Waals surface area contributed by atoms with Crippen LogP contribution >= 0.6 is 11.3 Å². The second-order valence-electron chi connectivity index (χ2n) is 6.04. The van der Waals surface area contributed by atoms with E-state index in [4.69, 9.17) is 4.74 Å². The summed E-state index contributed by atoms with van der Waals surface area (Å²) in [4.78, 5) is 37.1. The minimum atomic E-state index is -0.668. The molecule has 1 aromatic carbocycles. The molecular formula is C19H22N2O4S. The van der Waals surface area contributed by atoms with Crippen molar-refractivity contribution in [1.82, 2.24) is 5.32 Å². The number of rotatable bonds is 7. The van der Waals surface area contributed by atoms with Crippen molar-refractivity contribution in [3.05, 3.63) is 51.7 Å². The summed E-state index contributed by atoms with van der Waals surface area (Å²) in [6, 6.07) is 11.0. The Hall–Kier alpha value is -2.67. The van der Waals surface area contributed by atoms with Gasteiger partial charge >= 0.3 is 5.97 Å². The topological polar surface area (TPSA) is 84.5 Å². The molecule has 0 radical (unpaired) electrons. The molecule has 1 heterocycles. The smallest absolute Gasteiger partial charge is 0.325 e. The Morgan fingerprint density at radius 1 is 1.12 bits per heavy atom. The van der Waals surface area contributed by atoms with Crippen molar-refractivity contribution in [2.45, 2.75) is 26.7 Å². The summed E-state index contributed by atoms with van der Waals surface area (Å²) in [5.41, 5.74) is 1.70. The first-order valence-electron chi connectivity index (χ1n) is 8.26. The van der Waals surface area contributed by atoms with Gasteiger partial charge in [-0.2, -0.15) is 0 Å². The third-order valence-electron chi connectivity index (χ3n) is 3.58. The average Bonchev–Trinajstić information content (AvgIpc) is 3.04. The number of thiophene rings is 1. The van der Waals surface area contributed by atoms with Gasteiger partial charge in [-0.05, 0) is 36.6 Å². The van der Waals surface area contributed by atoms with Crippen molar-refractivity contribution in [3.63, 3.8) is 0 Å². The maximum absolute atomic E-state index is 12.0. The first-order valence-corrected chi connectivity index (χ1v) is 9.07. The zero-order chi connectivity index (χ0) is 19.1. The SMILES string of the molecule is Cc1ccc(C(=O)NCC(=O)OCC(=O)Nc2ccccc2C(C)C)s1. The summed E-state index contributed by atoms with van der Waals surface area (Å²) in [7, 11) is 0. The molecule has 26 heavy (non-hydrogen) atoms. The largest absolute Gasteiger partial charge is 0.454 e. The first kappa shape index (κ1) is 19.7. The highest BCUT2D eigenvalue weighted by molar-refractivity contribution is 7.13. The van der Waals surface area contributed by atoms with Gasteiger partial charge in [0.05, 0.1) is 4.88 Å². The van der Waals surface area contributed by atoms with Crippen LogP contribution in [0.25, 0.3) is 0 Å². The zero-order valence-corrected chi connectivity index (χ0v) is 15.8. The van der Waals surface area contributed by atoms with E-state index >= 15 is 0 Å². The van der Waals surface area contributed by atoms with E-state index < -0.39 is 18.5 Å². The number of benzene rings is 1. The molecule has 2 aromatic rings. The molecule has 0 aliphatic heterocycles. The quantitative estimate of drug-likeness (QED) is 0.730. The highest BCUT2D eigenvalue weighted by Gasteiger charge is 2.13. The molecule has 0 saturated heterocycles. The number of hydrogen-bond acceptors (Lipinski definition) is 5. The van der Waals surface area contributed by atoms with Gasteiger partial charge in [0.2, 0.25) is 0 Å². The summed E-state index contributed by atoms with van der Waals surface area (Å²) in [5.74, 6) is -1.17. The number of nitrogens with one attached hydrogen (secondary N) is 2. The summed E-state index contributed by atoms with van der Waals surface area (Å²) < 4.78 is 4.91. The molecule has 0 aliphatic rings. The summed E-state index contributed by atoms with van der Waals surface area (Å²) in [5, 5.41) is 5.21. The van der Waals surface area contributed by atoms with E-state index in [1.54, 1.807) is 12.1 Å². The molecule has 0 spiro atoms. The van der Waals surface area contributed by atoms with Gasteiger partial charge < -0.3 is 15.4 Å². The van der Waals surface area contributed by atoms with Gasteiger partial charge in [-0.15, -0.1) is 11.3 Å². The maximum atomic E-state index is 12.0. The number of carbonyl (C=O) groups excluding carboxylic acids is 3. The van der Waals surface area contributed by atoms with E-state index in [1.807, 2.05) is 45.0 Å². The molecular weight excluding hydrogens is 352 g/mol. The fraction of sp³-hybridized carbons (Fsp3) is 0.316. The van der Waals surface area contributed by atoms with Gasteiger partial charge in [-0.25, -0.2) is 0 Å². The highest BCUT2D eigenvalue weighted by atomic mass is 32.1. The normalized spacial score (nSPS) is 10.5. The first-order chi connectivity index (χ1) is 12.4. The molecule has 2 amide bonds. The second kappa shape index (κ2) is 9.15. The van der Waals surface area contributed by atoms with E-state index in [0.29, 0.717) is 10.6 Å². The third kappa shape index (κ3) is 5.70. The number of ether oxygens (including phenoxy) is 1. The Bertz CT molecular complexity index is 798. The number of esters is 1. The number of aryl methyl sites for hydroxylation is 1. The highest BCUT2D eigenvalue weighted by Crippen LogP contribution is 2.23. The minimum absolute atomic E-state index is 0.255. The van der Waals surface area contributed by atoms with Crippen LogP contribution < -0.4 is 10.6 Å². The van der Waals surface area contributed by atoms with Crippen LogP contribution in [0.2, 0.25) is 0 Å². The number of anilines is 1. The van der Waals surface area contributed by atoms with Crippen molar-refractivity contribution in [2.75, 3.05) is 18.5 Å². The molecule has 7 heteroatoms. The van der Waals surface area contributed by atoms with Crippen molar-refractivity contribution in [2.24, 2.45) is 0 Å². The molecule has 0 saturated carbocycles. The number of para-hydroxylation sites is 1. The molecule has 2 N–H and O–H groups in total. The van der Waals surface area contributed by atoms with Gasteiger partial charge in [0, 0.05) is 10.6 Å². The second-order valence-corrected chi connectivity index (χ2v) is 7.33. The van der Waals surface area contributed by atoms with Crippen LogP contribution in [0.15, 0.2) is 36.4 Å².